The van der Waals surface area contributed by atoms with E-state index in [4.69, 9.17) is 9.97 Å². The quantitative estimate of drug-likeness (QED) is 0.130. The Bertz CT molecular complexity index is 2860. The zero-order valence-corrected chi connectivity index (χ0v) is 25.7. The highest BCUT2D eigenvalue weighted by molar-refractivity contribution is 6.41. The van der Waals surface area contributed by atoms with Crippen LogP contribution in [0.15, 0.2) is 84.9 Å². The van der Waals surface area contributed by atoms with Crippen LogP contribution >= 0.6 is 0 Å². The summed E-state index contributed by atoms with van der Waals surface area (Å²) in [6.07, 6.45) is 0. The van der Waals surface area contributed by atoms with Gasteiger partial charge in [0, 0.05) is 43.8 Å². The third-order valence-corrected chi connectivity index (χ3v) is 10.6. The van der Waals surface area contributed by atoms with Crippen molar-refractivity contribution in [3.8, 4) is 34.0 Å². The monoisotopic (exact) mass is 618 g/mol. The summed E-state index contributed by atoms with van der Waals surface area (Å²) >= 11 is 0. The number of aromatic hydroxyl groups is 2. The van der Waals surface area contributed by atoms with Crippen LogP contribution in [0.2, 0.25) is 0 Å². The summed E-state index contributed by atoms with van der Waals surface area (Å²) in [7, 11) is 0. The highest BCUT2D eigenvalue weighted by atomic mass is 16.3. The molecule has 7 aromatic carbocycles. The van der Waals surface area contributed by atoms with Crippen LogP contribution in [0, 0.1) is 13.8 Å². The van der Waals surface area contributed by atoms with E-state index in [2.05, 4.69) is 12.1 Å². The van der Waals surface area contributed by atoms with Crippen LogP contribution in [-0.2, 0) is 0 Å². The molecule has 6 heteroatoms. The fourth-order valence-electron chi connectivity index (χ4n) is 8.47. The normalized spacial score (nSPS) is 13.5. The molecule has 48 heavy (non-hydrogen) atoms. The van der Waals surface area contributed by atoms with Gasteiger partial charge in [-0.25, -0.2) is 9.97 Å². The Morgan fingerprint density at radius 2 is 0.812 bits per heavy atom. The Balaban J connectivity index is 1.27. The first-order chi connectivity index (χ1) is 23.3. The molecular weight excluding hydrogens is 596 g/mol. The number of hydrogen-bond donors (Lipinski definition) is 2. The summed E-state index contributed by atoms with van der Waals surface area (Å²) in [5.74, 6) is -0.581. The van der Waals surface area contributed by atoms with Gasteiger partial charge in [-0.3, -0.25) is 9.59 Å². The highest BCUT2D eigenvalue weighted by Crippen LogP contribution is 2.52. The summed E-state index contributed by atoms with van der Waals surface area (Å²) in [5, 5.41) is 31.3. The van der Waals surface area contributed by atoms with E-state index < -0.39 is 0 Å². The molecule has 0 amide bonds. The average Bonchev–Trinajstić information content (AvgIpc) is 3.09. The number of ketones is 2. The third-order valence-electron chi connectivity index (χ3n) is 10.6. The molecule has 2 aromatic heterocycles. The SMILES string of the molecule is Cc1ccc2nc3c(c(O)c2c1)C(=O)c1ccc2c4ccc5c6c(ccc(c7ccc-3c1c27)c64)C(=O)c1c-5nc2ccc(C)cc2c1O. The van der Waals surface area contributed by atoms with Crippen molar-refractivity contribution in [1.82, 2.24) is 9.97 Å². The zero-order chi connectivity index (χ0) is 32.3. The summed E-state index contributed by atoms with van der Waals surface area (Å²) in [6.45, 7) is 3.89. The maximum atomic E-state index is 14.2. The lowest BCUT2D eigenvalue weighted by atomic mass is 9.77. The average molecular weight is 619 g/mol. The molecule has 0 saturated heterocycles. The predicted molar refractivity (Wildman–Crippen MR) is 189 cm³/mol. The Kier molecular flexibility index (Phi) is 4.45. The lowest BCUT2D eigenvalue weighted by Gasteiger charge is -2.26. The van der Waals surface area contributed by atoms with Gasteiger partial charge >= 0.3 is 0 Å². The van der Waals surface area contributed by atoms with Crippen LogP contribution in [0.4, 0.5) is 0 Å². The molecular formula is C42H22N2O4. The second-order valence-electron chi connectivity index (χ2n) is 13.2. The fraction of sp³-hybridized carbons (Fsp3) is 0.0476. The van der Waals surface area contributed by atoms with Crippen molar-refractivity contribution in [3.05, 3.63) is 118 Å². The second kappa shape index (κ2) is 8.30. The molecule has 0 spiro atoms. The zero-order valence-electron chi connectivity index (χ0n) is 25.7. The molecule has 0 unspecified atom stereocenters. The molecule has 6 nitrogen and oxygen atoms in total. The van der Waals surface area contributed by atoms with Crippen LogP contribution in [0.1, 0.15) is 43.0 Å². The second-order valence-corrected chi connectivity index (χ2v) is 13.2. The van der Waals surface area contributed by atoms with E-state index in [0.29, 0.717) is 44.3 Å². The summed E-state index contributed by atoms with van der Waals surface area (Å²) in [6, 6.07) is 27.2. The lowest BCUT2D eigenvalue weighted by Crippen LogP contribution is -2.13. The molecule has 9 aromatic rings. The van der Waals surface area contributed by atoms with E-state index in [1.807, 2.05) is 86.6 Å². The first-order valence-corrected chi connectivity index (χ1v) is 15.9. The molecule has 0 saturated carbocycles. The van der Waals surface area contributed by atoms with Gasteiger partial charge in [-0.15, -0.1) is 0 Å². The van der Waals surface area contributed by atoms with E-state index in [9.17, 15) is 19.8 Å². The molecule has 2 heterocycles. The van der Waals surface area contributed by atoms with Crippen molar-refractivity contribution in [2.75, 3.05) is 0 Å². The number of fused-ring (bicyclic) bond motifs is 8. The molecule has 2 N–H and O–H groups in total. The van der Waals surface area contributed by atoms with Crippen LogP contribution < -0.4 is 0 Å². The van der Waals surface area contributed by atoms with Gasteiger partial charge in [0.15, 0.2) is 11.6 Å². The number of benzene rings is 7. The number of aryl methyl sites for hydroxylation is 2. The molecule has 224 valence electrons. The largest absolute Gasteiger partial charge is 0.506 e. The number of carbonyl (C=O) groups is 2. The number of hydrogen-bond acceptors (Lipinski definition) is 6. The standard InChI is InChI=1S/C42H22N2O4/c1-17-3-13-29-27(15-17)41(47)35-37(43-29)23-9-5-19-22-8-12-26-34-24(38-36(40(26)46)42(48)28-16-18(2)4-14-30(28)44-38)10-6-20(32(22)34)21-7-11-25(39(35)45)33(23)31(19)21/h3-16H,1-2H3,(H,43,47)(H,44,48). The minimum atomic E-state index is -0.249. The van der Waals surface area contributed by atoms with Gasteiger partial charge in [-0.05, 0) is 82.6 Å². The van der Waals surface area contributed by atoms with Crippen molar-refractivity contribution >= 4 is 76.5 Å². The van der Waals surface area contributed by atoms with Crippen molar-refractivity contribution in [1.29, 1.82) is 0 Å². The van der Waals surface area contributed by atoms with Gasteiger partial charge in [0.2, 0.25) is 0 Å². The molecule has 0 atom stereocenters. The van der Waals surface area contributed by atoms with E-state index in [1.165, 1.54) is 0 Å². The maximum absolute atomic E-state index is 14.2. The number of pyridine rings is 2. The van der Waals surface area contributed by atoms with Crippen LogP contribution in [-0.4, -0.2) is 31.7 Å². The topological polar surface area (TPSA) is 100 Å². The van der Waals surface area contributed by atoms with Crippen molar-refractivity contribution in [2.24, 2.45) is 0 Å². The summed E-state index contributed by atoms with van der Waals surface area (Å²) in [4.78, 5) is 38.2. The number of aromatic nitrogens is 2. The number of carbonyl (C=O) groups excluding carboxylic acids is 2. The predicted octanol–water partition coefficient (Wildman–Crippen LogP) is 9.28. The van der Waals surface area contributed by atoms with Gasteiger partial charge in [-0.1, -0.05) is 59.7 Å². The first kappa shape index (κ1) is 25.8. The van der Waals surface area contributed by atoms with Gasteiger partial charge in [0.25, 0.3) is 0 Å². The van der Waals surface area contributed by atoms with Crippen LogP contribution in [0.25, 0.3) is 87.4 Å². The van der Waals surface area contributed by atoms with Crippen molar-refractivity contribution in [3.63, 3.8) is 0 Å². The maximum Gasteiger partial charge on any atom is 0.199 e. The van der Waals surface area contributed by atoms with E-state index in [0.717, 1.165) is 65.3 Å². The Hall–Kier alpha value is -6.40. The van der Waals surface area contributed by atoms with Gasteiger partial charge in [0.1, 0.15) is 11.5 Å². The summed E-state index contributed by atoms with van der Waals surface area (Å²) in [5.41, 5.74) is 7.30. The third kappa shape index (κ3) is 2.86. The van der Waals surface area contributed by atoms with Gasteiger partial charge in [0.05, 0.1) is 33.5 Å². The van der Waals surface area contributed by atoms with E-state index in [-0.39, 0.29) is 34.2 Å². The molecule has 0 aliphatic heterocycles. The van der Waals surface area contributed by atoms with Crippen LogP contribution in [0.3, 0.4) is 0 Å². The van der Waals surface area contributed by atoms with Gasteiger partial charge in [-0.2, -0.15) is 0 Å². The minimum absolute atomic E-state index is 0.0418. The summed E-state index contributed by atoms with van der Waals surface area (Å²) < 4.78 is 0. The lowest BCUT2D eigenvalue weighted by molar-refractivity contribution is 0.102. The fourth-order valence-corrected chi connectivity index (χ4v) is 8.47. The molecule has 2 aliphatic rings. The molecule has 0 fully saturated rings. The molecule has 0 bridgehead atoms. The van der Waals surface area contributed by atoms with Crippen molar-refractivity contribution < 1.29 is 19.8 Å². The Morgan fingerprint density at radius 3 is 1.21 bits per heavy atom. The Morgan fingerprint density at radius 1 is 0.438 bits per heavy atom. The Labute approximate surface area is 271 Å². The van der Waals surface area contributed by atoms with Gasteiger partial charge < -0.3 is 10.2 Å². The van der Waals surface area contributed by atoms with Crippen LogP contribution in [0.5, 0.6) is 11.5 Å². The van der Waals surface area contributed by atoms with Crippen molar-refractivity contribution in [2.45, 2.75) is 13.8 Å². The highest BCUT2D eigenvalue weighted by Gasteiger charge is 2.35. The molecule has 2 aliphatic carbocycles. The molecule has 0 radical (unpaired) electrons. The van der Waals surface area contributed by atoms with E-state index >= 15 is 0 Å². The number of rotatable bonds is 0. The van der Waals surface area contributed by atoms with E-state index in [1.54, 1.807) is 0 Å². The number of nitrogens with zero attached hydrogens (tertiary/aromatic N) is 2. The molecule has 11 rings (SSSR count). The first-order valence-electron chi connectivity index (χ1n) is 15.9. The minimum Gasteiger partial charge on any atom is -0.506 e. The smallest absolute Gasteiger partial charge is 0.199 e.